The third-order valence-electron chi connectivity index (χ3n) is 4.50. The molecule has 4 rings (SSSR count). The minimum absolute atomic E-state index is 0.195. The number of nitrogens with zero attached hydrogens (tertiary/aromatic N) is 2. The van der Waals surface area contributed by atoms with Crippen LogP contribution in [0.25, 0.3) is 11.3 Å². The minimum atomic E-state index is -1.06. The van der Waals surface area contributed by atoms with Gasteiger partial charge < -0.3 is 9.15 Å². The van der Waals surface area contributed by atoms with E-state index < -0.39 is 23.8 Å². The lowest BCUT2D eigenvalue weighted by Crippen LogP contribution is -2.43. The summed E-state index contributed by atoms with van der Waals surface area (Å²) in [6.07, 6.45) is 1.55. The first-order chi connectivity index (χ1) is 13.6. The third kappa shape index (κ3) is 3.07. The molecule has 1 aliphatic rings. The van der Waals surface area contributed by atoms with E-state index in [9.17, 15) is 14.4 Å². The summed E-state index contributed by atoms with van der Waals surface area (Å²) in [4.78, 5) is 42.3. The van der Waals surface area contributed by atoms with Crippen molar-refractivity contribution >= 4 is 17.8 Å². The molecule has 0 spiro atoms. The Bertz CT molecular complexity index is 1020. The quantitative estimate of drug-likeness (QED) is 0.502. The Balaban J connectivity index is 1.42. The molecule has 140 valence electrons. The average Bonchev–Trinajstić information content (AvgIpc) is 3.30. The van der Waals surface area contributed by atoms with E-state index in [0.717, 1.165) is 10.5 Å². The van der Waals surface area contributed by atoms with Gasteiger partial charge in [-0.05, 0) is 19.1 Å². The number of oxazole rings is 1. The standard InChI is InChI=1S/C21H16N2O5/c1-13(23-19(24)15-9-5-6-10-16(15)20(23)25)21(26)27-12-18-22-11-17(28-18)14-7-3-2-4-8-14/h2-11,13H,12H2,1H3/t13-/m0/s1. The number of hydrogen-bond acceptors (Lipinski definition) is 6. The van der Waals surface area contributed by atoms with Crippen LogP contribution in [0, 0.1) is 0 Å². The summed E-state index contributed by atoms with van der Waals surface area (Å²) < 4.78 is 10.8. The van der Waals surface area contributed by atoms with Crippen molar-refractivity contribution < 1.29 is 23.5 Å². The van der Waals surface area contributed by atoms with Gasteiger partial charge in [0.25, 0.3) is 11.8 Å². The molecule has 0 saturated heterocycles. The molecule has 2 aromatic carbocycles. The van der Waals surface area contributed by atoms with Crippen molar-refractivity contribution in [2.75, 3.05) is 0 Å². The average molecular weight is 376 g/mol. The Morgan fingerprint density at radius 3 is 2.29 bits per heavy atom. The van der Waals surface area contributed by atoms with Crippen LogP contribution in [-0.2, 0) is 16.1 Å². The van der Waals surface area contributed by atoms with Gasteiger partial charge in [-0.25, -0.2) is 9.78 Å². The zero-order chi connectivity index (χ0) is 19.7. The van der Waals surface area contributed by atoms with Gasteiger partial charge in [-0.15, -0.1) is 0 Å². The van der Waals surface area contributed by atoms with Crippen molar-refractivity contribution in [3.63, 3.8) is 0 Å². The zero-order valence-corrected chi connectivity index (χ0v) is 15.0. The second kappa shape index (κ2) is 7.11. The smallest absolute Gasteiger partial charge is 0.329 e. The summed E-state index contributed by atoms with van der Waals surface area (Å²) in [5.74, 6) is -0.948. The normalized spacial score (nSPS) is 14.1. The minimum Gasteiger partial charge on any atom is -0.454 e. The molecule has 7 heteroatoms. The molecule has 2 heterocycles. The van der Waals surface area contributed by atoms with Gasteiger partial charge in [0.1, 0.15) is 6.04 Å². The molecule has 0 saturated carbocycles. The number of fused-ring (bicyclic) bond motifs is 1. The predicted molar refractivity (Wildman–Crippen MR) is 98.1 cm³/mol. The third-order valence-corrected chi connectivity index (χ3v) is 4.50. The van der Waals surface area contributed by atoms with Crippen LogP contribution in [0.5, 0.6) is 0 Å². The first-order valence-corrected chi connectivity index (χ1v) is 8.70. The van der Waals surface area contributed by atoms with E-state index in [2.05, 4.69) is 4.98 Å². The number of imide groups is 1. The molecule has 0 unspecified atom stereocenters. The summed E-state index contributed by atoms with van der Waals surface area (Å²) in [6.45, 7) is 1.26. The lowest BCUT2D eigenvalue weighted by Gasteiger charge is -2.20. The van der Waals surface area contributed by atoms with Crippen LogP contribution in [0.1, 0.15) is 33.5 Å². The summed E-state index contributed by atoms with van der Waals surface area (Å²) in [5, 5.41) is 0. The van der Waals surface area contributed by atoms with Crippen LogP contribution in [0.2, 0.25) is 0 Å². The maximum atomic E-state index is 12.5. The number of esters is 1. The summed E-state index contributed by atoms with van der Waals surface area (Å²) in [6, 6.07) is 14.8. The van der Waals surface area contributed by atoms with Crippen molar-refractivity contribution in [3.05, 3.63) is 77.8 Å². The van der Waals surface area contributed by atoms with E-state index in [1.807, 2.05) is 30.3 Å². The molecule has 1 aliphatic heterocycles. The van der Waals surface area contributed by atoms with Crippen molar-refractivity contribution in [1.82, 2.24) is 9.88 Å². The van der Waals surface area contributed by atoms with Crippen LogP contribution >= 0.6 is 0 Å². The van der Waals surface area contributed by atoms with Crippen LogP contribution in [-0.4, -0.2) is 33.7 Å². The fraction of sp³-hybridized carbons (Fsp3) is 0.143. The van der Waals surface area contributed by atoms with Gasteiger partial charge in [0, 0.05) is 5.56 Å². The first kappa shape index (κ1) is 17.7. The second-order valence-electron chi connectivity index (χ2n) is 6.29. The highest BCUT2D eigenvalue weighted by Gasteiger charge is 2.41. The van der Waals surface area contributed by atoms with Crippen molar-refractivity contribution in [2.24, 2.45) is 0 Å². The van der Waals surface area contributed by atoms with E-state index >= 15 is 0 Å². The fourth-order valence-corrected chi connectivity index (χ4v) is 3.03. The fourth-order valence-electron chi connectivity index (χ4n) is 3.03. The van der Waals surface area contributed by atoms with E-state index in [4.69, 9.17) is 9.15 Å². The topological polar surface area (TPSA) is 89.7 Å². The van der Waals surface area contributed by atoms with Crippen LogP contribution in [0.15, 0.2) is 65.2 Å². The number of ether oxygens (including phenoxy) is 1. The Hall–Kier alpha value is -3.74. The number of hydrogen-bond donors (Lipinski definition) is 0. The summed E-state index contributed by atoms with van der Waals surface area (Å²) in [7, 11) is 0. The van der Waals surface area contributed by atoms with Crippen molar-refractivity contribution in [3.8, 4) is 11.3 Å². The number of aromatic nitrogens is 1. The van der Waals surface area contributed by atoms with Crippen LogP contribution in [0.4, 0.5) is 0 Å². The number of carbonyl (C=O) groups excluding carboxylic acids is 3. The number of benzene rings is 2. The second-order valence-corrected chi connectivity index (χ2v) is 6.29. The Morgan fingerprint density at radius 1 is 1.04 bits per heavy atom. The lowest BCUT2D eigenvalue weighted by atomic mass is 10.1. The highest BCUT2D eigenvalue weighted by Crippen LogP contribution is 2.25. The highest BCUT2D eigenvalue weighted by molar-refractivity contribution is 6.22. The molecule has 1 aromatic heterocycles. The predicted octanol–water partition coefficient (Wildman–Crippen LogP) is 3.07. The number of rotatable bonds is 5. The first-order valence-electron chi connectivity index (χ1n) is 8.70. The van der Waals surface area contributed by atoms with Crippen molar-refractivity contribution in [1.29, 1.82) is 0 Å². The van der Waals surface area contributed by atoms with E-state index in [1.54, 1.807) is 30.5 Å². The Morgan fingerprint density at radius 2 is 1.64 bits per heavy atom. The summed E-state index contributed by atoms with van der Waals surface area (Å²) in [5.41, 5.74) is 1.42. The molecule has 0 fully saturated rings. The van der Waals surface area contributed by atoms with Gasteiger partial charge in [-0.2, -0.15) is 0 Å². The van der Waals surface area contributed by atoms with E-state index in [1.165, 1.54) is 6.92 Å². The van der Waals surface area contributed by atoms with Crippen LogP contribution in [0.3, 0.4) is 0 Å². The molecule has 0 aliphatic carbocycles. The van der Waals surface area contributed by atoms with Gasteiger partial charge in [0.2, 0.25) is 5.89 Å². The highest BCUT2D eigenvalue weighted by atomic mass is 16.5. The number of amides is 2. The molecule has 0 radical (unpaired) electrons. The molecular weight excluding hydrogens is 360 g/mol. The van der Waals surface area contributed by atoms with Gasteiger partial charge >= 0.3 is 5.97 Å². The molecule has 2 amide bonds. The molecule has 0 bridgehead atoms. The molecular formula is C21H16N2O5. The van der Waals surface area contributed by atoms with Gasteiger partial charge in [0.05, 0.1) is 17.3 Å². The maximum Gasteiger partial charge on any atom is 0.329 e. The molecule has 0 N–H and O–H groups in total. The summed E-state index contributed by atoms with van der Waals surface area (Å²) >= 11 is 0. The maximum absolute atomic E-state index is 12.5. The van der Waals surface area contributed by atoms with Gasteiger partial charge in [-0.3, -0.25) is 14.5 Å². The Labute approximate surface area is 160 Å². The van der Waals surface area contributed by atoms with Gasteiger partial charge in [-0.1, -0.05) is 42.5 Å². The Kier molecular flexibility index (Phi) is 4.49. The monoisotopic (exact) mass is 376 g/mol. The van der Waals surface area contributed by atoms with Gasteiger partial charge in [0.15, 0.2) is 12.4 Å². The largest absolute Gasteiger partial charge is 0.454 e. The number of carbonyl (C=O) groups is 3. The van der Waals surface area contributed by atoms with Crippen LogP contribution < -0.4 is 0 Å². The zero-order valence-electron chi connectivity index (χ0n) is 15.0. The van der Waals surface area contributed by atoms with E-state index in [0.29, 0.717) is 5.76 Å². The lowest BCUT2D eigenvalue weighted by molar-refractivity contribution is -0.149. The molecule has 28 heavy (non-hydrogen) atoms. The molecule has 7 nitrogen and oxygen atoms in total. The molecule has 3 aromatic rings. The SMILES string of the molecule is C[C@@H](C(=O)OCc1ncc(-c2ccccc2)o1)N1C(=O)c2ccccc2C1=O. The van der Waals surface area contributed by atoms with Crippen molar-refractivity contribution in [2.45, 2.75) is 19.6 Å². The molecule has 1 atom stereocenters. The van der Waals surface area contributed by atoms with E-state index in [-0.39, 0.29) is 23.6 Å².